The normalized spacial score (nSPS) is 15.4. The summed E-state index contributed by atoms with van der Waals surface area (Å²) >= 11 is 0. The number of hydrogen-bond acceptors (Lipinski definition) is 3. The summed E-state index contributed by atoms with van der Waals surface area (Å²) in [6.07, 6.45) is 1.89. The van der Waals surface area contributed by atoms with Gasteiger partial charge in [0, 0.05) is 12.0 Å². The van der Waals surface area contributed by atoms with Crippen LogP contribution in [0.15, 0.2) is 34.9 Å². The minimum atomic E-state index is -0.625. The van der Waals surface area contributed by atoms with Crippen LogP contribution in [0.25, 0.3) is 0 Å². The smallest absolute Gasteiger partial charge is 0.122 e. The highest BCUT2D eigenvalue weighted by Gasteiger charge is 2.18. The zero-order valence-electron chi connectivity index (χ0n) is 9.64. The summed E-state index contributed by atoms with van der Waals surface area (Å²) in [6, 6.07) is 7.65. The van der Waals surface area contributed by atoms with Gasteiger partial charge in [-0.1, -0.05) is 6.07 Å². The van der Waals surface area contributed by atoms with Crippen molar-refractivity contribution in [1.29, 1.82) is 0 Å². The topological polar surface area (TPSA) is 42.6 Å². The minimum absolute atomic E-state index is 0.625. The lowest BCUT2D eigenvalue weighted by atomic mass is 9.99. The van der Waals surface area contributed by atoms with Gasteiger partial charge in [0.2, 0.25) is 0 Å². The van der Waals surface area contributed by atoms with E-state index in [9.17, 15) is 5.11 Å². The van der Waals surface area contributed by atoms with Crippen molar-refractivity contribution >= 4 is 0 Å². The maximum absolute atomic E-state index is 10.3. The van der Waals surface area contributed by atoms with Gasteiger partial charge in [0.15, 0.2) is 0 Å². The number of fused-ring (bicyclic) bond motifs is 1. The molecule has 2 heterocycles. The minimum Gasteiger partial charge on any atom is -0.493 e. The third-order valence-electron chi connectivity index (χ3n) is 3.22. The van der Waals surface area contributed by atoms with Gasteiger partial charge in [-0.05, 0) is 36.2 Å². The summed E-state index contributed by atoms with van der Waals surface area (Å²) in [7, 11) is 0. The average Bonchev–Trinajstić information content (AvgIpc) is 2.95. The SMILES string of the molecule is Cc1occc1C(O)c1ccc2c(c1)CCO2. The molecular weight excluding hydrogens is 216 g/mol. The third kappa shape index (κ3) is 1.72. The molecule has 0 fully saturated rings. The van der Waals surface area contributed by atoms with Crippen LogP contribution in [0.4, 0.5) is 0 Å². The molecule has 1 unspecified atom stereocenters. The predicted octanol–water partition coefficient (Wildman–Crippen LogP) is 2.60. The zero-order chi connectivity index (χ0) is 11.8. The molecule has 0 aliphatic carbocycles. The second-order valence-corrected chi connectivity index (χ2v) is 4.30. The standard InChI is InChI=1S/C14H14O3/c1-9-12(5-7-16-9)14(15)11-2-3-13-10(8-11)4-6-17-13/h2-3,5,7-8,14-15H,4,6H2,1H3. The number of furan rings is 1. The lowest BCUT2D eigenvalue weighted by molar-refractivity contribution is 0.218. The Morgan fingerprint density at radius 3 is 2.94 bits per heavy atom. The van der Waals surface area contributed by atoms with Gasteiger partial charge in [0.25, 0.3) is 0 Å². The number of benzene rings is 1. The first-order valence-electron chi connectivity index (χ1n) is 5.73. The molecule has 3 heteroatoms. The molecule has 1 aromatic heterocycles. The van der Waals surface area contributed by atoms with Crippen molar-refractivity contribution in [1.82, 2.24) is 0 Å². The lowest BCUT2D eigenvalue weighted by Crippen LogP contribution is -2.00. The first-order chi connectivity index (χ1) is 8.25. The van der Waals surface area contributed by atoms with Crippen molar-refractivity contribution < 1.29 is 14.3 Å². The van der Waals surface area contributed by atoms with Gasteiger partial charge in [-0.15, -0.1) is 0 Å². The third-order valence-corrected chi connectivity index (χ3v) is 3.22. The van der Waals surface area contributed by atoms with E-state index in [1.165, 1.54) is 5.56 Å². The van der Waals surface area contributed by atoms with Crippen LogP contribution in [0.1, 0.15) is 28.6 Å². The average molecular weight is 230 g/mol. The largest absolute Gasteiger partial charge is 0.493 e. The Morgan fingerprint density at radius 1 is 1.29 bits per heavy atom. The van der Waals surface area contributed by atoms with Crippen LogP contribution in [-0.2, 0) is 6.42 Å². The molecule has 1 N–H and O–H groups in total. The van der Waals surface area contributed by atoms with Gasteiger partial charge in [0.05, 0.1) is 12.9 Å². The summed E-state index contributed by atoms with van der Waals surface area (Å²) in [5, 5.41) is 10.3. The predicted molar refractivity (Wildman–Crippen MR) is 63.1 cm³/mol. The Labute approximate surface area is 99.6 Å². The molecule has 0 amide bonds. The Hall–Kier alpha value is -1.74. The zero-order valence-corrected chi connectivity index (χ0v) is 9.64. The van der Waals surface area contributed by atoms with E-state index < -0.39 is 6.10 Å². The van der Waals surface area contributed by atoms with Crippen LogP contribution < -0.4 is 4.74 Å². The Morgan fingerprint density at radius 2 is 2.18 bits per heavy atom. The van der Waals surface area contributed by atoms with Gasteiger partial charge in [-0.2, -0.15) is 0 Å². The van der Waals surface area contributed by atoms with Crippen molar-refractivity contribution in [3.8, 4) is 5.75 Å². The summed E-state index contributed by atoms with van der Waals surface area (Å²) < 4.78 is 10.7. The Kier molecular flexibility index (Phi) is 2.41. The molecule has 1 aliphatic heterocycles. The van der Waals surface area contributed by atoms with Gasteiger partial charge >= 0.3 is 0 Å². The fraction of sp³-hybridized carbons (Fsp3) is 0.286. The second kappa shape index (κ2) is 3.93. The van der Waals surface area contributed by atoms with Crippen LogP contribution in [-0.4, -0.2) is 11.7 Å². The van der Waals surface area contributed by atoms with Crippen LogP contribution >= 0.6 is 0 Å². The summed E-state index contributed by atoms with van der Waals surface area (Å²) in [5.41, 5.74) is 2.88. The van der Waals surface area contributed by atoms with E-state index in [-0.39, 0.29) is 0 Å². The molecule has 2 aromatic rings. The van der Waals surface area contributed by atoms with E-state index in [4.69, 9.17) is 9.15 Å². The summed E-state index contributed by atoms with van der Waals surface area (Å²) in [6.45, 7) is 2.59. The number of aliphatic hydroxyl groups excluding tert-OH is 1. The quantitative estimate of drug-likeness (QED) is 0.862. The maximum atomic E-state index is 10.3. The van der Waals surface area contributed by atoms with E-state index in [0.29, 0.717) is 0 Å². The molecule has 3 nitrogen and oxygen atoms in total. The van der Waals surface area contributed by atoms with E-state index >= 15 is 0 Å². The van der Waals surface area contributed by atoms with Gasteiger partial charge in [-0.25, -0.2) is 0 Å². The van der Waals surface area contributed by atoms with Crippen molar-refractivity contribution in [3.05, 3.63) is 53.0 Å². The van der Waals surface area contributed by atoms with Crippen molar-refractivity contribution in [3.63, 3.8) is 0 Å². The molecule has 0 saturated carbocycles. The van der Waals surface area contributed by atoms with Crippen molar-refractivity contribution in [2.45, 2.75) is 19.4 Å². The number of ether oxygens (including phenoxy) is 1. The summed E-state index contributed by atoms with van der Waals surface area (Å²) in [4.78, 5) is 0. The van der Waals surface area contributed by atoms with E-state index in [0.717, 1.165) is 35.7 Å². The Bertz CT molecular complexity index is 542. The molecule has 1 aromatic carbocycles. The number of rotatable bonds is 2. The monoisotopic (exact) mass is 230 g/mol. The van der Waals surface area contributed by atoms with Crippen molar-refractivity contribution in [2.75, 3.05) is 6.61 Å². The molecule has 3 rings (SSSR count). The van der Waals surface area contributed by atoms with Crippen LogP contribution in [0, 0.1) is 6.92 Å². The molecular formula is C14H14O3. The van der Waals surface area contributed by atoms with Gasteiger partial charge < -0.3 is 14.3 Å². The highest BCUT2D eigenvalue weighted by Crippen LogP contribution is 2.31. The van der Waals surface area contributed by atoms with Crippen LogP contribution in [0.2, 0.25) is 0 Å². The lowest BCUT2D eigenvalue weighted by Gasteiger charge is -2.11. The van der Waals surface area contributed by atoms with E-state index in [1.54, 1.807) is 6.26 Å². The van der Waals surface area contributed by atoms with E-state index in [1.807, 2.05) is 31.2 Å². The summed E-state index contributed by atoms with van der Waals surface area (Å²) in [5.74, 6) is 1.69. The molecule has 88 valence electrons. The number of hydrogen-bond donors (Lipinski definition) is 1. The van der Waals surface area contributed by atoms with Crippen molar-refractivity contribution in [2.24, 2.45) is 0 Å². The first-order valence-corrected chi connectivity index (χ1v) is 5.73. The van der Waals surface area contributed by atoms with Gasteiger partial charge in [-0.3, -0.25) is 0 Å². The molecule has 1 aliphatic rings. The molecule has 0 radical (unpaired) electrons. The fourth-order valence-electron chi connectivity index (χ4n) is 2.23. The van der Waals surface area contributed by atoms with E-state index in [2.05, 4.69) is 0 Å². The van der Waals surface area contributed by atoms with Crippen LogP contribution in [0.3, 0.4) is 0 Å². The molecule has 17 heavy (non-hydrogen) atoms. The first kappa shape index (κ1) is 10.4. The molecule has 0 spiro atoms. The Balaban J connectivity index is 1.97. The molecule has 0 saturated heterocycles. The van der Waals surface area contributed by atoms with Gasteiger partial charge in [0.1, 0.15) is 17.6 Å². The maximum Gasteiger partial charge on any atom is 0.122 e. The second-order valence-electron chi connectivity index (χ2n) is 4.30. The highest BCUT2D eigenvalue weighted by atomic mass is 16.5. The van der Waals surface area contributed by atoms with Crippen LogP contribution in [0.5, 0.6) is 5.75 Å². The number of aliphatic hydroxyl groups is 1. The number of aryl methyl sites for hydroxylation is 1. The fourth-order valence-corrected chi connectivity index (χ4v) is 2.23. The molecule has 0 bridgehead atoms. The highest BCUT2D eigenvalue weighted by molar-refractivity contribution is 5.42. The molecule has 1 atom stereocenters.